The molecule has 2 aliphatic heterocycles. The van der Waals surface area contributed by atoms with Crippen LogP contribution in [0.4, 0.5) is 0 Å². The van der Waals surface area contributed by atoms with E-state index in [1.54, 1.807) is 0 Å². The Labute approximate surface area is 131 Å². The first-order chi connectivity index (χ1) is 10.4. The summed E-state index contributed by atoms with van der Waals surface area (Å²) < 4.78 is 0. The Morgan fingerprint density at radius 3 is 1.71 bits per heavy atom. The van der Waals surface area contributed by atoms with E-state index in [-0.39, 0.29) is 0 Å². The highest BCUT2D eigenvalue weighted by atomic mass is 15.3. The number of hydrogen-bond donors (Lipinski definition) is 0. The highest BCUT2D eigenvalue weighted by Crippen LogP contribution is 2.25. The van der Waals surface area contributed by atoms with Crippen molar-refractivity contribution in [3.63, 3.8) is 0 Å². The lowest BCUT2D eigenvalue weighted by Crippen LogP contribution is -2.55. The highest BCUT2D eigenvalue weighted by molar-refractivity contribution is 4.86. The predicted octanol–water partition coefficient (Wildman–Crippen LogP) is 2.81. The third-order valence-corrected chi connectivity index (χ3v) is 6.05. The van der Waals surface area contributed by atoms with E-state index < -0.39 is 0 Å². The average molecular weight is 293 g/mol. The van der Waals surface area contributed by atoms with Gasteiger partial charge in [0.2, 0.25) is 0 Å². The lowest BCUT2D eigenvalue weighted by atomic mass is 9.93. The van der Waals surface area contributed by atoms with Crippen molar-refractivity contribution < 1.29 is 0 Å². The second-order valence-electron chi connectivity index (χ2n) is 7.44. The Morgan fingerprint density at radius 2 is 1.19 bits per heavy atom. The molecular formula is C18H35N3. The van der Waals surface area contributed by atoms with Crippen LogP contribution < -0.4 is 0 Å². The van der Waals surface area contributed by atoms with Gasteiger partial charge in [0.1, 0.15) is 0 Å². The molecule has 0 radical (unpaired) electrons. The predicted molar refractivity (Wildman–Crippen MR) is 89.8 cm³/mol. The van der Waals surface area contributed by atoms with Gasteiger partial charge in [0.15, 0.2) is 0 Å². The number of piperazine rings is 1. The summed E-state index contributed by atoms with van der Waals surface area (Å²) in [5.41, 5.74) is 0. The molecule has 3 fully saturated rings. The molecular weight excluding hydrogens is 258 g/mol. The maximum atomic E-state index is 2.81. The van der Waals surface area contributed by atoms with Gasteiger partial charge in [0.05, 0.1) is 0 Å². The molecule has 0 atom stereocenters. The molecule has 0 spiro atoms. The molecule has 1 saturated carbocycles. The zero-order chi connectivity index (χ0) is 14.5. The van der Waals surface area contributed by atoms with Crippen molar-refractivity contribution in [2.45, 2.75) is 70.4 Å². The number of likely N-dealkylation sites (tertiary alicyclic amines) is 1. The van der Waals surface area contributed by atoms with Crippen LogP contribution in [0.15, 0.2) is 0 Å². The summed E-state index contributed by atoms with van der Waals surface area (Å²) in [6.45, 7) is 11.6. The fourth-order valence-electron chi connectivity index (χ4n) is 4.74. The van der Waals surface area contributed by atoms with Crippen molar-refractivity contribution in [3.05, 3.63) is 0 Å². The molecule has 0 aromatic rings. The first-order valence-electron chi connectivity index (χ1n) is 9.57. The zero-order valence-electron chi connectivity index (χ0n) is 14.1. The number of nitrogens with zero attached hydrogens (tertiary/aromatic N) is 3. The van der Waals surface area contributed by atoms with E-state index in [0.29, 0.717) is 0 Å². The molecule has 0 aromatic carbocycles. The quantitative estimate of drug-likeness (QED) is 0.789. The van der Waals surface area contributed by atoms with E-state index in [0.717, 1.165) is 12.1 Å². The third kappa shape index (κ3) is 4.20. The Balaban J connectivity index is 1.39. The molecule has 2 saturated heterocycles. The van der Waals surface area contributed by atoms with Gasteiger partial charge in [-0.15, -0.1) is 0 Å². The minimum Gasteiger partial charge on any atom is -0.303 e. The van der Waals surface area contributed by atoms with Gasteiger partial charge in [-0.05, 0) is 51.7 Å². The Hall–Kier alpha value is -0.120. The number of hydrogen-bond acceptors (Lipinski definition) is 3. The molecule has 3 aliphatic rings. The van der Waals surface area contributed by atoms with Crippen LogP contribution >= 0.6 is 0 Å². The van der Waals surface area contributed by atoms with Gasteiger partial charge in [-0.2, -0.15) is 0 Å². The topological polar surface area (TPSA) is 9.72 Å². The van der Waals surface area contributed by atoms with Crippen molar-refractivity contribution in [1.82, 2.24) is 14.7 Å². The summed E-state index contributed by atoms with van der Waals surface area (Å²) >= 11 is 0. The van der Waals surface area contributed by atoms with Crippen molar-refractivity contribution in [1.29, 1.82) is 0 Å². The van der Waals surface area contributed by atoms with Gasteiger partial charge >= 0.3 is 0 Å². The van der Waals surface area contributed by atoms with Crippen LogP contribution in [0.25, 0.3) is 0 Å². The molecule has 0 amide bonds. The highest BCUT2D eigenvalue weighted by Gasteiger charge is 2.29. The van der Waals surface area contributed by atoms with Gasteiger partial charge in [0, 0.05) is 38.3 Å². The molecule has 122 valence electrons. The Morgan fingerprint density at radius 1 is 0.667 bits per heavy atom. The molecule has 2 heterocycles. The largest absolute Gasteiger partial charge is 0.303 e. The Kier molecular flexibility index (Phi) is 5.96. The minimum absolute atomic E-state index is 0.881. The lowest BCUT2D eigenvalue weighted by molar-refractivity contribution is 0.0348. The summed E-state index contributed by atoms with van der Waals surface area (Å²) in [7, 11) is 0. The standard InChI is InChI=1S/C18H35N3/c1-2-10-19-11-8-18(9-12-19)21-15-13-20(14-16-21)17-6-4-3-5-7-17/h17-18H,2-16H2,1H3. The summed E-state index contributed by atoms with van der Waals surface area (Å²) in [6.07, 6.45) is 11.5. The van der Waals surface area contributed by atoms with Crippen molar-refractivity contribution in [2.75, 3.05) is 45.8 Å². The van der Waals surface area contributed by atoms with Crippen molar-refractivity contribution in [3.8, 4) is 0 Å². The van der Waals surface area contributed by atoms with Crippen molar-refractivity contribution >= 4 is 0 Å². The fraction of sp³-hybridized carbons (Fsp3) is 1.00. The van der Waals surface area contributed by atoms with Crippen LogP contribution in [0.2, 0.25) is 0 Å². The third-order valence-electron chi connectivity index (χ3n) is 6.05. The maximum absolute atomic E-state index is 2.81. The normalized spacial score (nSPS) is 29.0. The molecule has 3 rings (SSSR count). The maximum Gasteiger partial charge on any atom is 0.0121 e. The summed E-state index contributed by atoms with van der Waals surface area (Å²) in [5.74, 6) is 0. The van der Waals surface area contributed by atoms with Crippen LogP contribution in [0.5, 0.6) is 0 Å². The van der Waals surface area contributed by atoms with Gasteiger partial charge in [0.25, 0.3) is 0 Å². The van der Waals surface area contributed by atoms with Gasteiger partial charge in [-0.25, -0.2) is 0 Å². The first-order valence-corrected chi connectivity index (χ1v) is 9.57. The van der Waals surface area contributed by atoms with Gasteiger partial charge in [-0.1, -0.05) is 26.2 Å². The van der Waals surface area contributed by atoms with Gasteiger partial charge < -0.3 is 4.90 Å². The first kappa shape index (κ1) is 15.8. The summed E-state index contributed by atoms with van der Waals surface area (Å²) in [4.78, 5) is 8.28. The molecule has 3 heteroatoms. The van der Waals surface area contributed by atoms with E-state index in [1.165, 1.54) is 97.2 Å². The van der Waals surface area contributed by atoms with Gasteiger partial charge in [-0.3, -0.25) is 9.80 Å². The van der Waals surface area contributed by atoms with Crippen LogP contribution in [0, 0.1) is 0 Å². The number of piperidine rings is 1. The molecule has 0 N–H and O–H groups in total. The zero-order valence-corrected chi connectivity index (χ0v) is 14.1. The monoisotopic (exact) mass is 293 g/mol. The molecule has 0 unspecified atom stereocenters. The lowest BCUT2D eigenvalue weighted by Gasteiger charge is -2.45. The second-order valence-corrected chi connectivity index (χ2v) is 7.44. The van der Waals surface area contributed by atoms with E-state index in [9.17, 15) is 0 Å². The molecule has 0 bridgehead atoms. The van der Waals surface area contributed by atoms with Crippen LogP contribution in [0.3, 0.4) is 0 Å². The molecule has 3 nitrogen and oxygen atoms in total. The molecule has 1 aliphatic carbocycles. The van der Waals surface area contributed by atoms with E-state index in [2.05, 4.69) is 21.6 Å². The Bertz CT molecular complexity index is 285. The minimum atomic E-state index is 0.881. The van der Waals surface area contributed by atoms with Crippen molar-refractivity contribution in [2.24, 2.45) is 0 Å². The number of rotatable bonds is 4. The van der Waals surface area contributed by atoms with Crippen LogP contribution in [0.1, 0.15) is 58.3 Å². The summed E-state index contributed by atoms with van der Waals surface area (Å²) in [5, 5.41) is 0. The van der Waals surface area contributed by atoms with E-state index >= 15 is 0 Å². The van der Waals surface area contributed by atoms with E-state index in [4.69, 9.17) is 0 Å². The summed E-state index contributed by atoms with van der Waals surface area (Å²) in [6, 6.07) is 1.80. The van der Waals surface area contributed by atoms with E-state index in [1.807, 2.05) is 0 Å². The average Bonchev–Trinajstić information content (AvgIpc) is 2.57. The SMILES string of the molecule is CCCN1CCC(N2CCN(C3CCCCC3)CC2)CC1. The smallest absolute Gasteiger partial charge is 0.0121 e. The van der Waals surface area contributed by atoms with Crippen LogP contribution in [-0.4, -0.2) is 72.6 Å². The fourth-order valence-corrected chi connectivity index (χ4v) is 4.74. The van der Waals surface area contributed by atoms with Crippen LogP contribution in [-0.2, 0) is 0 Å². The molecule has 0 aromatic heterocycles. The second kappa shape index (κ2) is 7.94. The molecule has 21 heavy (non-hydrogen) atoms.